The molecule has 1 atom stereocenters. The summed E-state index contributed by atoms with van der Waals surface area (Å²) in [6.07, 6.45) is -4.92. The molecule has 0 radical (unpaired) electrons. The van der Waals surface area contributed by atoms with Gasteiger partial charge in [-0.05, 0) is 49.7 Å². The molecular weight excluding hydrogens is 503 g/mol. The van der Waals surface area contributed by atoms with Crippen LogP contribution in [0.1, 0.15) is 43.0 Å². The van der Waals surface area contributed by atoms with E-state index in [9.17, 15) is 28.0 Å². The van der Waals surface area contributed by atoms with Gasteiger partial charge in [-0.25, -0.2) is 9.59 Å². The van der Waals surface area contributed by atoms with Gasteiger partial charge >= 0.3 is 18.2 Å². The summed E-state index contributed by atoms with van der Waals surface area (Å²) in [6, 6.07) is 11.3. The van der Waals surface area contributed by atoms with Crippen molar-refractivity contribution in [3.8, 4) is 6.07 Å². The molecular formula is C27H26F3N3O5. The van der Waals surface area contributed by atoms with Gasteiger partial charge in [0.05, 0.1) is 54.3 Å². The molecule has 11 heteroatoms. The third kappa shape index (κ3) is 5.51. The zero-order valence-corrected chi connectivity index (χ0v) is 20.8. The van der Waals surface area contributed by atoms with Crippen molar-refractivity contribution in [2.45, 2.75) is 38.8 Å². The molecule has 1 fully saturated rings. The van der Waals surface area contributed by atoms with Crippen molar-refractivity contribution in [1.29, 1.82) is 5.26 Å². The number of nitrogens with zero attached hydrogens (tertiary/aromatic N) is 3. The maximum absolute atomic E-state index is 14.0. The molecule has 2 aromatic carbocycles. The molecule has 0 saturated carbocycles. The normalized spacial score (nSPS) is 18.6. The summed E-state index contributed by atoms with van der Waals surface area (Å²) in [5, 5.41) is 9.22. The number of halogens is 3. The van der Waals surface area contributed by atoms with Crippen molar-refractivity contribution >= 4 is 17.7 Å². The summed E-state index contributed by atoms with van der Waals surface area (Å²) in [4.78, 5) is 29.8. The van der Waals surface area contributed by atoms with Gasteiger partial charge in [0, 0.05) is 18.7 Å². The summed E-state index contributed by atoms with van der Waals surface area (Å²) in [5.74, 6) is -0.706. The molecule has 0 aromatic heterocycles. The van der Waals surface area contributed by atoms with E-state index in [4.69, 9.17) is 14.2 Å². The van der Waals surface area contributed by atoms with E-state index in [0.717, 1.165) is 17.0 Å². The smallest absolute Gasteiger partial charge is 0.416 e. The predicted octanol–water partition coefficient (Wildman–Crippen LogP) is 5.16. The lowest BCUT2D eigenvalue weighted by molar-refractivity contribution is -0.139. The number of carbonyl (C=O) groups is 2. The van der Waals surface area contributed by atoms with E-state index in [0.29, 0.717) is 24.3 Å². The highest BCUT2D eigenvalue weighted by molar-refractivity contribution is 6.03. The molecule has 0 bridgehead atoms. The van der Waals surface area contributed by atoms with Crippen LogP contribution < -0.4 is 4.90 Å². The Labute approximate surface area is 217 Å². The Kier molecular flexibility index (Phi) is 8.04. The molecule has 0 unspecified atom stereocenters. The second-order valence-electron chi connectivity index (χ2n) is 8.68. The van der Waals surface area contributed by atoms with Gasteiger partial charge in [-0.1, -0.05) is 18.2 Å². The number of allylic oxidation sites excluding steroid dienone is 1. The number of esters is 1. The average molecular weight is 530 g/mol. The topological polar surface area (TPSA) is 92.1 Å². The van der Waals surface area contributed by atoms with Crippen LogP contribution in [-0.2, 0) is 25.2 Å². The minimum Gasteiger partial charge on any atom is -0.463 e. The molecule has 1 saturated heterocycles. The van der Waals surface area contributed by atoms with Crippen LogP contribution in [0.15, 0.2) is 59.8 Å². The third-order valence-electron chi connectivity index (χ3n) is 6.33. The SMILES string of the molecule is CCOC(=O)C1=C(C)N(c2cccc(C(F)(F)F)c2)C(=O)N(CCC2OCCO2)[C@@H]1c1ccc(C#N)cc1. The van der Waals surface area contributed by atoms with Crippen LogP contribution in [0.2, 0.25) is 0 Å². The lowest BCUT2D eigenvalue weighted by Crippen LogP contribution is -2.51. The number of alkyl halides is 3. The zero-order valence-electron chi connectivity index (χ0n) is 20.8. The number of rotatable bonds is 7. The van der Waals surface area contributed by atoms with E-state index in [1.165, 1.54) is 24.0 Å². The molecule has 4 rings (SSSR count). The Balaban J connectivity index is 1.87. The summed E-state index contributed by atoms with van der Waals surface area (Å²) in [5.41, 5.74) is 0.201. The van der Waals surface area contributed by atoms with Gasteiger partial charge in [-0.2, -0.15) is 18.4 Å². The fraction of sp³-hybridized carbons (Fsp3) is 0.370. The van der Waals surface area contributed by atoms with E-state index in [1.807, 2.05) is 6.07 Å². The molecule has 2 amide bonds. The van der Waals surface area contributed by atoms with Gasteiger partial charge in [0.1, 0.15) is 0 Å². The zero-order chi connectivity index (χ0) is 27.4. The van der Waals surface area contributed by atoms with Gasteiger partial charge in [-0.15, -0.1) is 0 Å². The molecule has 0 N–H and O–H groups in total. The summed E-state index contributed by atoms with van der Waals surface area (Å²) in [6.45, 7) is 4.07. The Bertz CT molecular complexity index is 1260. The molecule has 2 aromatic rings. The van der Waals surface area contributed by atoms with E-state index in [-0.39, 0.29) is 36.5 Å². The molecule has 0 spiro atoms. The van der Waals surface area contributed by atoms with Gasteiger partial charge < -0.3 is 19.1 Å². The lowest BCUT2D eigenvalue weighted by atomic mass is 9.92. The van der Waals surface area contributed by atoms with Crippen LogP contribution in [0.4, 0.5) is 23.7 Å². The maximum Gasteiger partial charge on any atom is 0.416 e. The van der Waals surface area contributed by atoms with E-state index in [2.05, 4.69) is 0 Å². The van der Waals surface area contributed by atoms with Crippen LogP contribution >= 0.6 is 0 Å². The van der Waals surface area contributed by atoms with Gasteiger partial charge in [0.15, 0.2) is 6.29 Å². The van der Waals surface area contributed by atoms with Gasteiger partial charge in [0.2, 0.25) is 0 Å². The number of nitriles is 1. The Morgan fingerprint density at radius 3 is 2.45 bits per heavy atom. The van der Waals surface area contributed by atoms with E-state index in [1.54, 1.807) is 31.2 Å². The number of ether oxygens (including phenoxy) is 3. The van der Waals surface area contributed by atoms with E-state index >= 15 is 0 Å². The van der Waals surface area contributed by atoms with Crippen LogP contribution in [0.3, 0.4) is 0 Å². The number of hydrogen-bond donors (Lipinski definition) is 0. The minimum atomic E-state index is -4.63. The van der Waals surface area contributed by atoms with Crippen molar-refractivity contribution in [1.82, 2.24) is 4.90 Å². The molecule has 8 nitrogen and oxygen atoms in total. The van der Waals surface area contributed by atoms with Crippen molar-refractivity contribution in [2.75, 3.05) is 31.3 Å². The number of benzene rings is 2. The highest BCUT2D eigenvalue weighted by Gasteiger charge is 2.43. The van der Waals surface area contributed by atoms with Crippen molar-refractivity contribution in [3.05, 3.63) is 76.5 Å². The summed E-state index contributed by atoms with van der Waals surface area (Å²) in [7, 11) is 0. The van der Waals surface area contributed by atoms with Gasteiger partial charge in [0.25, 0.3) is 0 Å². The maximum atomic E-state index is 14.0. The summed E-state index contributed by atoms with van der Waals surface area (Å²) < 4.78 is 56.8. The largest absolute Gasteiger partial charge is 0.463 e. The van der Waals surface area contributed by atoms with Crippen LogP contribution in [0.25, 0.3) is 0 Å². The van der Waals surface area contributed by atoms with Crippen molar-refractivity contribution < 1.29 is 37.0 Å². The molecule has 0 aliphatic carbocycles. The quantitative estimate of drug-likeness (QED) is 0.460. The van der Waals surface area contributed by atoms with Crippen LogP contribution in [-0.4, -0.2) is 49.6 Å². The van der Waals surface area contributed by atoms with Crippen molar-refractivity contribution in [3.63, 3.8) is 0 Å². The first-order valence-corrected chi connectivity index (χ1v) is 12.0. The standard InChI is InChI=1S/C27H26F3N3O5/c1-3-36-25(34)23-17(2)33(21-6-4-5-20(15-21)27(28,29)30)26(35)32(12-11-22-37-13-14-38-22)24(23)19-9-7-18(16-31)8-10-19/h4-10,15,22,24H,3,11-14H2,1-2H3/t24-/m1/s1. The van der Waals surface area contributed by atoms with Crippen LogP contribution in [0, 0.1) is 11.3 Å². The second kappa shape index (κ2) is 11.2. The Morgan fingerprint density at radius 2 is 1.84 bits per heavy atom. The molecule has 2 heterocycles. The van der Waals surface area contributed by atoms with E-state index < -0.39 is 36.1 Å². The van der Waals surface area contributed by atoms with Gasteiger partial charge in [-0.3, -0.25) is 4.90 Å². The number of carbonyl (C=O) groups excluding carboxylic acids is 2. The average Bonchev–Trinajstić information content (AvgIpc) is 3.41. The first-order chi connectivity index (χ1) is 18.2. The second-order valence-corrected chi connectivity index (χ2v) is 8.68. The Morgan fingerprint density at radius 1 is 1.16 bits per heavy atom. The lowest BCUT2D eigenvalue weighted by Gasteiger charge is -2.43. The first-order valence-electron chi connectivity index (χ1n) is 12.0. The highest BCUT2D eigenvalue weighted by atomic mass is 19.4. The fourth-order valence-corrected chi connectivity index (χ4v) is 4.58. The molecule has 2 aliphatic rings. The number of amides is 2. The monoisotopic (exact) mass is 529 g/mol. The van der Waals surface area contributed by atoms with Crippen LogP contribution in [0.5, 0.6) is 0 Å². The Hall–Kier alpha value is -3.88. The molecule has 38 heavy (non-hydrogen) atoms. The minimum absolute atomic E-state index is 0.0410. The number of hydrogen-bond acceptors (Lipinski definition) is 6. The van der Waals surface area contributed by atoms with Crippen molar-refractivity contribution in [2.24, 2.45) is 0 Å². The predicted molar refractivity (Wildman–Crippen MR) is 130 cm³/mol. The molecule has 2 aliphatic heterocycles. The number of urea groups is 1. The number of anilines is 1. The highest BCUT2D eigenvalue weighted by Crippen LogP contribution is 2.41. The summed E-state index contributed by atoms with van der Waals surface area (Å²) >= 11 is 0. The fourth-order valence-electron chi connectivity index (χ4n) is 4.58. The molecule has 200 valence electrons. The third-order valence-corrected chi connectivity index (χ3v) is 6.33. The first kappa shape index (κ1) is 27.2.